The van der Waals surface area contributed by atoms with Crippen LogP contribution in [0.25, 0.3) is 6.08 Å². The Morgan fingerprint density at radius 2 is 2.05 bits per heavy atom. The first-order valence-corrected chi connectivity index (χ1v) is 12.7. The van der Waals surface area contributed by atoms with Crippen molar-refractivity contribution in [3.8, 4) is 5.75 Å². The van der Waals surface area contributed by atoms with E-state index in [4.69, 9.17) is 14.2 Å². The van der Waals surface area contributed by atoms with E-state index in [9.17, 15) is 20.0 Å². The molecule has 0 radical (unpaired) electrons. The van der Waals surface area contributed by atoms with Gasteiger partial charge in [0.1, 0.15) is 5.75 Å². The Kier molecular flexibility index (Phi) is 6.68. The first kappa shape index (κ1) is 25.2. The van der Waals surface area contributed by atoms with Crippen LogP contribution in [0.4, 0.5) is 11.4 Å². The zero-order valence-corrected chi connectivity index (χ0v) is 21.1. The number of anilines is 1. The summed E-state index contributed by atoms with van der Waals surface area (Å²) in [6, 6.07) is 12.7. The average Bonchev–Trinajstić information content (AvgIpc) is 2.99. The number of aliphatic hydroxyl groups is 1. The Morgan fingerprint density at radius 1 is 1.24 bits per heavy atom. The highest BCUT2D eigenvalue weighted by molar-refractivity contribution is 5.73. The Hall–Kier alpha value is -3.43. The summed E-state index contributed by atoms with van der Waals surface area (Å²) in [4.78, 5) is 24.5. The number of esters is 1. The quantitative estimate of drug-likeness (QED) is 0.251. The van der Waals surface area contributed by atoms with Crippen LogP contribution < -0.4 is 9.64 Å². The number of nitro groups is 1. The number of carbonyl (C=O) groups is 1. The van der Waals surface area contributed by atoms with Gasteiger partial charge in [0.05, 0.1) is 23.6 Å². The number of non-ortho nitro benzene ring substituents is 1. The van der Waals surface area contributed by atoms with Crippen molar-refractivity contribution < 1.29 is 29.0 Å². The highest BCUT2D eigenvalue weighted by Crippen LogP contribution is 2.54. The summed E-state index contributed by atoms with van der Waals surface area (Å²) in [5, 5.41) is 21.8. The van der Waals surface area contributed by atoms with Gasteiger partial charge in [0, 0.05) is 42.8 Å². The Bertz CT molecular complexity index is 1230. The zero-order valence-electron chi connectivity index (χ0n) is 21.1. The van der Waals surface area contributed by atoms with Crippen molar-refractivity contribution in [2.45, 2.75) is 57.0 Å². The van der Waals surface area contributed by atoms with E-state index in [1.807, 2.05) is 30.4 Å². The minimum Gasteiger partial charge on any atom is -0.466 e. The zero-order chi connectivity index (χ0) is 26.2. The molecule has 9 nitrogen and oxygen atoms in total. The minimum absolute atomic E-state index is 0.0146. The van der Waals surface area contributed by atoms with Crippen molar-refractivity contribution in [2.24, 2.45) is 5.92 Å². The number of ether oxygens (including phenoxy) is 3. The lowest BCUT2D eigenvalue weighted by atomic mass is 9.76. The third-order valence-corrected chi connectivity index (χ3v) is 7.83. The molecule has 3 aliphatic heterocycles. The van der Waals surface area contributed by atoms with Crippen LogP contribution in [0.2, 0.25) is 0 Å². The van der Waals surface area contributed by atoms with E-state index < -0.39 is 22.4 Å². The molecular weight excluding hydrogens is 476 g/mol. The lowest BCUT2D eigenvalue weighted by Gasteiger charge is -2.47. The molecule has 5 rings (SSSR count). The van der Waals surface area contributed by atoms with Crippen LogP contribution >= 0.6 is 0 Å². The standard InChI is InChI=1S/C28H32N2O7/c1-27(2)22-5-3-4-6-23(22)29(14-16-36-26(32)17-19-7-10-25(31)35-15-12-19)28(27)13-11-20-18-21(30(33)34)8-9-24(20)37-28/h3-6,8-9,11,13,18-19,26,32H,7,10,12,14-17H2,1-2H3. The van der Waals surface area contributed by atoms with Crippen LogP contribution in [0.3, 0.4) is 0 Å². The third-order valence-electron chi connectivity index (χ3n) is 7.83. The van der Waals surface area contributed by atoms with Gasteiger partial charge in [-0.2, -0.15) is 0 Å². The van der Waals surface area contributed by atoms with Crippen molar-refractivity contribution in [2.75, 3.05) is 24.7 Å². The first-order chi connectivity index (χ1) is 17.7. The van der Waals surface area contributed by atoms with Crippen molar-refractivity contribution in [3.63, 3.8) is 0 Å². The Morgan fingerprint density at radius 3 is 2.86 bits per heavy atom. The Labute approximate surface area is 215 Å². The van der Waals surface area contributed by atoms with Crippen LogP contribution in [0, 0.1) is 16.0 Å². The number of para-hydroxylation sites is 1. The number of rotatable bonds is 7. The summed E-state index contributed by atoms with van der Waals surface area (Å²) in [6.07, 6.45) is 5.14. The molecule has 1 saturated heterocycles. The summed E-state index contributed by atoms with van der Waals surface area (Å²) >= 11 is 0. The fourth-order valence-corrected chi connectivity index (χ4v) is 5.74. The van der Waals surface area contributed by atoms with Gasteiger partial charge in [-0.25, -0.2) is 0 Å². The summed E-state index contributed by atoms with van der Waals surface area (Å²) < 4.78 is 17.6. The second kappa shape index (κ2) is 9.79. The topological polar surface area (TPSA) is 111 Å². The predicted molar refractivity (Wildman–Crippen MR) is 137 cm³/mol. The maximum absolute atomic E-state index is 11.5. The SMILES string of the molecule is CC1(C)c2ccccc2N(CCOC(O)CC2CCOC(=O)CC2)C12C=Cc1cc([N+](=O)[O-])ccc1O2. The monoisotopic (exact) mass is 508 g/mol. The fourth-order valence-electron chi connectivity index (χ4n) is 5.74. The van der Waals surface area contributed by atoms with Crippen LogP contribution in [-0.4, -0.2) is 47.8 Å². The van der Waals surface area contributed by atoms with E-state index >= 15 is 0 Å². The predicted octanol–water partition coefficient (Wildman–Crippen LogP) is 4.56. The number of carbonyl (C=O) groups excluding carboxylic acids is 1. The number of aliphatic hydroxyl groups excluding tert-OH is 1. The molecule has 2 aromatic rings. The molecule has 3 unspecified atom stereocenters. The van der Waals surface area contributed by atoms with Gasteiger partial charge in [-0.15, -0.1) is 0 Å². The lowest BCUT2D eigenvalue weighted by molar-refractivity contribution is -0.384. The van der Waals surface area contributed by atoms with E-state index in [0.717, 1.165) is 17.7 Å². The molecule has 196 valence electrons. The molecule has 9 heteroatoms. The van der Waals surface area contributed by atoms with Gasteiger partial charge in [-0.3, -0.25) is 14.9 Å². The summed E-state index contributed by atoms with van der Waals surface area (Å²) in [6.45, 7) is 5.35. The van der Waals surface area contributed by atoms with E-state index in [-0.39, 0.29) is 24.2 Å². The summed E-state index contributed by atoms with van der Waals surface area (Å²) in [5.74, 6) is 0.560. The summed E-state index contributed by atoms with van der Waals surface area (Å²) in [7, 11) is 0. The molecule has 1 spiro atoms. The molecular formula is C28H32N2O7. The molecule has 3 aliphatic rings. The highest BCUT2D eigenvalue weighted by Gasteiger charge is 2.58. The second-order valence-corrected chi connectivity index (χ2v) is 10.4. The fraction of sp³-hybridized carbons (Fsp3) is 0.464. The van der Waals surface area contributed by atoms with E-state index in [1.54, 1.807) is 6.07 Å². The second-order valence-electron chi connectivity index (χ2n) is 10.4. The average molecular weight is 509 g/mol. The largest absolute Gasteiger partial charge is 0.466 e. The van der Waals surface area contributed by atoms with Gasteiger partial charge in [-0.05, 0) is 62.5 Å². The van der Waals surface area contributed by atoms with E-state index in [2.05, 4.69) is 24.8 Å². The third kappa shape index (κ3) is 4.57. The van der Waals surface area contributed by atoms with Crippen LogP contribution in [0.1, 0.15) is 50.7 Å². The Balaban J connectivity index is 1.34. The van der Waals surface area contributed by atoms with Gasteiger partial charge in [0.2, 0.25) is 5.72 Å². The number of fused-ring (bicyclic) bond motifs is 2. The van der Waals surface area contributed by atoms with Gasteiger partial charge >= 0.3 is 5.97 Å². The van der Waals surface area contributed by atoms with Crippen LogP contribution in [0.5, 0.6) is 5.75 Å². The normalized spacial score (nSPS) is 24.6. The van der Waals surface area contributed by atoms with Gasteiger partial charge in [-0.1, -0.05) is 18.2 Å². The molecule has 0 aromatic heterocycles. The minimum atomic E-state index is -0.941. The molecule has 0 amide bonds. The number of nitro benzene ring substituents is 1. The number of nitrogens with zero attached hydrogens (tertiary/aromatic N) is 2. The molecule has 1 N–H and O–H groups in total. The van der Waals surface area contributed by atoms with Crippen LogP contribution in [-0.2, 0) is 19.7 Å². The summed E-state index contributed by atoms with van der Waals surface area (Å²) in [5.41, 5.74) is 1.47. The van der Waals surface area contributed by atoms with Crippen molar-refractivity contribution in [1.82, 2.24) is 0 Å². The number of hydrogen-bond acceptors (Lipinski definition) is 8. The molecule has 37 heavy (non-hydrogen) atoms. The first-order valence-electron chi connectivity index (χ1n) is 12.7. The maximum atomic E-state index is 11.5. The number of hydrogen-bond donors (Lipinski definition) is 1. The van der Waals surface area contributed by atoms with Crippen molar-refractivity contribution in [1.29, 1.82) is 0 Å². The molecule has 3 atom stereocenters. The van der Waals surface area contributed by atoms with E-state index in [1.165, 1.54) is 12.1 Å². The molecule has 2 aromatic carbocycles. The van der Waals surface area contributed by atoms with Crippen molar-refractivity contribution >= 4 is 23.4 Å². The van der Waals surface area contributed by atoms with Gasteiger partial charge in [0.25, 0.3) is 5.69 Å². The molecule has 0 saturated carbocycles. The molecule has 3 heterocycles. The van der Waals surface area contributed by atoms with Crippen LogP contribution in [0.15, 0.2) is 48.5 Å². The number of cyclic esters (lactones) is 1. The number of benzene rings is 2. The lowest BCUT2D eigenvalue weighted by Crippen LogP contribution is -2.60. The molecule has 0 aliphatic carbocycles. The van der Waals surface area contributed by atoms with Gasteiger partial charge in [0.15, 0.2) is 6.29 Å². The van der Waals surface area contributed by atoms with E-state index in [0.29, 0.717) is 43.7 Å². The smallest absolute Gasteiger partial charge is 0.305 e. The van der Waals surface area contributed by atoms with Gasteiger partial charge < -0.3 is 24.2 Å². The molecule has 0 bridgehead atoms. The molecule has 1 fully saturated rings. The highest BCUT2D eigenvalue weighted by atomic mass is 16.6. The maximum Gasteiger partial charge on any atom is 0.305 e. The van der Waals surface area contributed by atoms with Crippen molar-refractivity contribution in [3.05, 3.63) is 69.8 Å².